The lowest BCUT2D eigenvalue weighted by Gasteiger charge is -1.86. The highest BCUT2D eigenvalue weighted by atomic mass is 35.5. The molecule has 0 spiro atoms. The highest BCUT2D eigenvalue weighted by Crippen LogP contribution is 2.31. The number of thiophene rings is 1. The topological polar surface area (TPSA) is 76.2 Å². The van der Waals surface area contributed by atoms with Gasteiger partial charge in [0.2, 0.25) is 0 Å². The van der Waals surface area contributed by atoms with Gasteiger partial charge in [0.05, 0.1) is 5.02 Å². The van der Waals surface area contributed by atoms with Crippen molar-refractivity contribution in [1.82, 2.24) is 10.1 Å². The monoisotopic (exact) mass is 230 g/mol. The van der Waals surface area contributed by atoms with Gasteiger partial charge in [-0.05, 0) is 16.6 Å². The Morgan fingerprint density at radius 1 is 1.64 bits per heavy atom. The van der Waals surface area contributed by atoms with E-state index in [1.807, 2.05) is 0 Å². The van der Waals surface area contributed by atoms with E-state index < -0.39 is 5.97 Å². The van der Waals surface area contributed by atoms with Crippen molar-refractivity contribution < 1.29 is 14.4 Å². The zero-order chi connectivity index (χ0) is 10.1. The van der Waals surface area contributed by atoms with Crippen LogP contribution in [0.4, 0.5) is 0 Å². The summed E-state index contributed by atoms with van der Waals surface area (Å²) < 4.78 is 4.74. The normalized spacial score (nSPS) is 10.4. The molecule has 0 aromatic carbocycles. The van der Waals surface area contributed by atoms with E-state index in [4.69, 9.17) is 21.2 Å². The van der Waals surface area contributed by atoms with Gasteiger partial charge in [0.15, 0.2) is 0 Å². The standard InChI is InChI=1S/C7H3ClN2O3S/c8-3-1-2-14-4(3)6-9-5(7(11)12)10-13-6/h1-2H,(H,11,12). The van der Waals surface area contributed by atoms with Gasteiger partial charge in [-0.15, -0.1) is 11.3 Å². The van der Waals surface area contributed by atoms with Crippen molar-refractivity contribution in [2.75, 3.05) is 0 Å². The maximum atomic E-state index is 10.5. The summed E-state index contributed by atoms with van der Waals surface area (Å²) in [5.74, 6) is -1.47. The Kier molecular flexibility index (Phi) is 2.22. The lowest BCUT2D eigenvalue weighted by molar-refractivity contribution is 0.0680. The molecule has 7 heteroatoms. The molecule has 2 heterocycles. The number of carboxylic acid groups (broad SMARTS) is 1. The van der Waals surface area contributed by atoms with Gasteiger partial charge in [0.1, 0.15) is 4.88 Å². The SMILES string of the molecule is O=C(O)c1noc(-c2sccc2Cl)n1. The number of hydrogen-bond donors (Lipinski definition) is 1. The molecule has 14 heavy (non-hydrogen) atoms. The zero-order valence-electron chi connectivity index (χ0n) is 6.60. The van der Waals surface area contributed by atoms with Gasteiger partial charge in [-0.2, -0.15) is 4.98 Å². The average Bonchev–Trinajstić information content (AvgIpc) is 2.71. The third-order valence-electron chi connectivity index (χ3n) is 1.43. The van der Waals surface area contributed by atoms with Crippen LogP contribution in [0.15, 0.2) is 16.0 Å². The Labute approximate surface area is 86.9 Å². The highest BCUT2D eigenvalue weighted by molar-refractivity contribution is 7.14. The second-order valence-corrected chi connectivity index (χ2v) is 3.65. The lowest BCUT2D eigenvalue weighted by atomic mass is 10.4. The van der Waals surface area contributed by atoms with Crippen LogP contribution in [-0.4, -0.2) is 21.2 Å². The van der Waals surface area contributed by atoms with Crippen molar-refractivity contribution in [3.63, 3.8) is 0 Å². The Morgan fingerprint density at radius 3 is 2.93 bits per heavy atom. The molecule has 0 aliphatic heterocycles. The summed E-state index contributed by atoms with van der Waals surface area (Å²) in [6.07, 6.45) is 0. The Balaban J connectivity index is 2.43. The maximum absolute atomic E-state index is 10.5. The van der Waals surface area contributed by atoms with E-state index in [1.165, 1.54) is 11.3 Å². The molecule has 72 valence electrons. The average molecular weight is 231 g/mol. The van der Waals surface area contributed by atoms with Crippen LogP contribution >= 0.6 is 22.9 Å². The first-order chi connectivity index (χ1) is 6.68. The fourth-order valence-corrected chi connectivity index (χ4v) is 1.91. The number of carboxylic acids is 1. The second kappa shape index (κ2) is 3.39. The fourth-order valence-electron chi connectivity index (χ4n) is 0.849. The molecule has 0 aliphatic rings. The van der Waals surface area contributed by atoms with Crippen LogP contribution in [0.3, 0.4) is 0 Å². The Hall–Kier alpha value is -1.40. The molecular weight excluding hydrogens is 228 g/mol. The van der Waals surface area contributed by atoms with E-state index in [-0.39, 0.29) is 11.7 Å². The summed E-state index contributed by atoms with van der Waals surface area (Å²) in [5.41, 5.74) is 0. The molecule has 0 bridgehead atoms. The number of rotatable bonds is 2. The summed E-state index contributed by atoms with van der Waals surface area (Å²) in [4.78, 5) is 14.7. The molecule has 0 aliphatic carbocycles. The summed E-state index contributed by atoms with van der Waals surface area (Å²) in [5, 5.41) is 14.0. The molecule has 2 aromatic heterocycles. The number of hydrogen-bond acceptors (Lipinski definition) is 5. The summed E-state index contributed by atoms with van der Waals surface area (Å²) in [6.45, 7) is 0. The number of halogens is 1. The van der Waals surface area contributed by atoms with Gasteiger partial charge in [-0.1, -0.05) is 11.6 Å². The minimum absolute atomic E-state index is 0.127. The van der Waals surface area contributed by atoms with Gasteiger partial charge in [-0.25, -0.2) is 4.79 Å². The number of carbonyl (C=O) groups is 1. The van der Waals surface area contributed by atoms with Crippen LogP contribution in [0.2, 0.25) is 5.02 Å². The summed E-state index contributed by atoms with van der Waals surface area (Å²) >= 11 is 7.10. The highest BCUT2D eigenvalue weighted by Gasteiger charge is 2.16. The quantitative estimate of drug-likeness (QED) is 0.855. The lowest BCUT2D eigenvalue weighted by Crippen LogP contribution is -1.98. The van der Waals surface area contributed by atoms with E-state index in [9.17, 15) is 4.79 Å². The van der Waals surface area contributed by atoms with Crippen LogP contribution < -0.4 is 0 Å². The fraction of sp³-hybridized carbons (Fsp3) is 0. The predicted molar refractivity (Wildman–Crippen MR) is 49.6 cm³/mol. The van der Waals surface area contributed by atoms with Crippen molar-refractivity contribution in [3.05, 3.63) is 22.3 Å². The molecule has 0 saturated carbocycles. The van der Waals surface area contributed by atoms with Crippen LogP contribution in [-0.2, 0) is 0 Å². The minimum Gasteiger partial charge on any atom is -0.475 e. The summed E-state index contributed by atoms with van der Waals surface area (Å²) in [6, 6.07) is 1.67. The van der Waals surface area contributed by atoms with Gasteiger partial charge in [-0.3, -0.25) is 0 Å². The van der Waals surface area contributed by atoms with Crippen molar-refractivity contribution >= 4 is 28.9 Å². The first-order valence-corrected chi connectivity index (χ1v) is 4.74. The van der Waals surface area contributed by atoms with Crippen LogP contribution in [0.5, 0.6) is 0 Å². The Bertz CT molecular complexity index is 479. The van der Waals surface area contributed by atoms with Crippen molar-refractivity contribution in [2.24, 2.45) is 0 Å². The van der Waals surface area contributed by atoms with Crippen LogP contribution in [0.25, 0.3) is 10.8 Å². The van der Waals surface area contributed by atoms with E-state index in [0.717, 1.165) is 0 Å². The van der Waals surface area contributed by atoms with E-state index in [2.05, 4.69) is 10.1 Å². The molecule has 2 rings (SSSR count). The number of aromatic carboxylic acids is 1. The van der Waals surface area contributed by atoms with Gasteiger partial charge < -0.3 is 9.63 Å². The molecule has 0 fully saturated rings. The first kappa shape index (κ1) is 9.17. The predicted octanol–water partition coefficient (Wildman–Crippen LogP) is 2.15. The molecule has 0 atom stereocenters. The second-order valence-electron chi connectivity index (χ2n) is 2.33. The third-order valence-corrected chi connectivity index (χ3v) is 2.76. The van der Waals surface area contributed by atoms with E-state index >= 15 is 0 Å². The molecule has 5 nitrogen and oxygen atoms in total. The van der Waals surface area contributed by atoms with Crippen molar-refractivity contribution in [3.8, 4) is 10.8 Å². The number of aromatic nitrogens is 2. The van der Waals surface area contributed by atoms with Gasteiger partial charge in [0.25, 0.3) is 11.7 Å². The van der Waals surface area contributed by atoms with Crippen molar-refractivity contribution in [2.45, 2.75) is 0 Å². The van der Waals surface area contributed by atoms with E-state index in [1.54, 1.807) is 11.4 Å². The minimum atomic E-state index is -1.23. The van der Waals surface area contributed by atoms with Crippen molar-refractivity contribution in [1.29, 1.82) is 0 Å². The molecule has 0 unspecified atom stereocenters. The molecule has 0 radical (unpaired) electrons. The van der Waals surface area contributed by atoms with Gasteiger partial charge >= 0.3 is 5.97 Å². The molecule has 2 aromatic rings. The first-order valence-electron chi connectivity index (χ1n) is 3.49. The maximum Gasteiger partial charge on any atom is 0.377 e. The van der Waals surface area contributed by atoms with Gasteiger partial charge in [0, 0.05) is 0 Å². The zero-order valence-corrected chi connectivity index (χ0v) is 8.17. The summed E-state index contributed by atoms with van der Waals surface area (Å²) in [7, 11) is 0. The van der Waals surface area contributed by atoms with Crippen LogP contribution in [0.1, 0.15) is 10.6 Å². The molecule has 1 N–H and O–H groups in total. The molecule has 0 saturated heterocycles. The third kappa shape index (κ3) is 1.49. The smallest absolute Gasteiger partial charge is 0.377 e. The van der Waals surface area contributed by atoms with Crippen LogP contribution in [0, 0.1) is 0 Å². The number of nitrogens with zero attached hydrogens (tertiary/aromatic N) is 2. The molecule has 0 amide bonds. The van der Waals surface area contributed by atoms with E-state index in [0.29, 0.717) is 9.90 Å². The largest absolute Gasteiger partial charge is 0.475 e. The Morgan fingerprint density at radius 2 is 2.43 bits per heavy atom. The molecular formula is C7H3ClN2O3S.